The van der Waals surface area contributed by atoms with Crippen molar-refractivity contribution in [3.05, 3.63) is 58.1 Å². The fourth-order valence-electron chi connectivity index (χ4n) is 2.37. The molecule has 0 bridgehead atoms. The predicted octanol–water partition coefficient (Wildman–Crippen LogP) is 2.73. The first-order valence-corrected chi connectivity index (χ1v) is 8.52. The van der Waals surface area contributed by atoms with Gasteiger partial charge >= 0.3 is 5.97 Å². The van der Waals surface area contributed by atoms with E-state index in [4.69, 9.17) is 28.3 Å². The molecule has 0 saturated heterocycles. The van der Waals surface area contributed by atoms with Crippen molar-refractivity contribution in [3.63, 3.8) is 0 Å². The van der Waals surface area contributed by atoms with Gasteiger partial charge in [0.25, 0.3) is 5.91 Å². The van der Waals surface area contributed by atoms with Crippen molar-refractivity contribution in [1.29, 1.82) is 0 Å². The molecule has 2 heterocycles. The van der Waals surface area contributed by atoms with Crippen LogP contribution in [0.3, 0.4) is 0 Å². The van der Waals surface area contributed by atoms with E-state index in [1.165, 1.54) is 30.2 Å². The molecule has 0 aliphatic heterocycles. The Morgan fingerprint density at radius 1 is 1.26 bits per heavy atom. The Bertz CT molecular complexity index is 1000. The minimum atomic E-state index is -1.17. The number of carbonyl (C=O) groups excluding carboxylic acids is 1. The maximum Gasteiger partial charge on any atom is 0.354 e. The largest absolute Gasteiger partial charge is 0.477 e. The molecular weight excluding hydrogens is 395 g/mol. The van der Waals surface area contributed by atoms with Crippen molar-refractivity contribution in [2.75, 3.05) is 5.32 Å². The van der Waals surface area contributed by atoms with Gasteiger partial charge in [0.15, 0.2) is 0 Å². The van der Waals surface area contributed by atoms with Gasteiger partial charge in [0.1, 0.15) is 18.1 Å². The molecule has 0 radical (unpaired) electrons. The predicted molar refractivity (Wildman–Crippen MR) is 98.1 cm³/mol. The number of carbonyl (C=O) groups is 2. The molecule has 0 aliphatic rings. The molecule has 2 aromatic heterocycles. The molecule has 0 aliphatic carbocycles. The van der Waals surface area contributed by atoms with E-state index in [0.29, 0.717) is 16.6 Å². The molecule has 9 nitrogen and oxygen atoms in total. The van der Waals surface area contributed by atoms with Crippen LogP contribution >= 0.6 is 23.2 Å². The lowest BCUT2D eigenvalue weighted by Gasteiger charge is -2.12. The summed E-state index contributed by atoms with van der Waals surface area (Å²) in [6, 6.07) is 5.67. The zero-order valence-corrected chi connectivity index (χ0v) is 15.5. The minimum absolute atomic E-state index is 0.0873. The normalized spacial score (nSPS) is 12.0. The van der Waals surface area contributed by atoms with E-state index >= 15 is 0 Å². The molecule has 11 heteroatoms. The Labute approximate surface area is 163 Å². The summed E-state index contributed by atoms with van der Waals surface area (Å²) in [5.41, 5.74) is 0.777. The van der Waals surface area contributed by atoms with Gasteiger partial charge in [-0.3, -0.25) is 10.1 Å². The first-order valence-electron chi connectivity index (χ1n) is 7.76. The third kappa shape index (κ3) is 4.26. The lowest BCUT2D eigenvalue weighted by atomic mass is 10.2. The van der Waals surface area contributed by atoms with E-state index in [1.807, 2.05) is 0 Å². The second kappa shape index (κ2) is 7.77. The van der Waals surface area contributed by atoms with E-state index in [9.17, 15) is 9.59 Å². The van der Waals surface area contributed by atoms with Gasteiger partial charge < -0.3 is 5.11 Å². The summed E-state index contributed by atoms with van der Waals surface area (Å²) in [7, 11) is 0. The summed E-state index contributed by atoms with van der Waals surface area (Å²) in [5, 5.41) is 20.6. The van der Waals surface area contributed by atoms with E-state index in [0.717, 1.165) is 10.2 Å². The zero-order valence-electron chi connectivity index (χ0n) is 14.0. The molecule has 2 N–H and O–H groups in total. The van der Waals surface area contributed by atoms with Gasteiger partial charge in [0.2, 0.25) is 5.95 Å². The Kier molecular flexibility index (Phi) is 5.43. The molecule has 140 valence electrons. The number of benzene rings is 1. The minimum Gasteiger partial charge on any atom is -0.477 e. The molecule has 27 heavy (non-hydrogen) atoms. The fraction of sp³-hybridized carbons (Fsp3) is 0.188. The highest BCUT2D eigenvalue weighted by Crippen LogP contribution is 2.23. The molecule has 3 aromatic rings. The molecular formula is C16H14Cl2N6O3. The summed E-state index contributed by atoms with van der Waals surface area (Å²) in [5.74, 6) is -1.57. The number of anilines is 1. The van der Waals surface area contributed by atoms with E-state index in [2.05, 4.69) is 20.5 Å². The van der Waals surface area contributed by atoms with Gasteiger partial charge in [-0.2, -0.15) is 5.10 Å². The molecule has 0 spiro atoms. The second-order valence-corrected chi connectivity index (χ2v) is 6.46. The average molecular weight is 409 g/mol. The van der Waals surface area contributed by atoms with Crippen LogP contribution in [0.4, 0.5) is 5.95 Å². The van der Waals surface area contributed by atoms with Crippen molar-refractivity contribution < 1.29 is 14.7 Å². The highest BCUT2D eigenvalue weighted by atomic mass is 35.5. The maximum atomic E-state index is 12.3. The van der Waals surface area contributed by atoms with Gasteiger partial charge in [-0.05, 0) is 30.7 Å². The van der Waals surface area contributed by atoms with Crippen LogP contribution in [0.15, 0.2) is 36.8 Å². The summed E-state index contributed by atoms with van der Waals surface area (Å²) < 4.78 is 2.64. The molecule has 0 saturated carbocycles. The molecule has 1 atom stereocenters. The van der Waals surface area contributed by atoms with Crippen molar-refractivity contribution in [2.24, 2.45) is 0 Å². The van der Waals surface area contributed by atoms with Gasteiger partial charge in [-0.25, -0.2) is 19.1 Å². The highest BCUT2D eigenvalue weighted by Gasteiger charge is 2.22. The van der Waals surface area contributed by atoms with Gasteiger partial charge in [-0.1, -0.05) is 29.3 Å². The van der Waals surface area contributed by atoms with E-state index in [-0.39, 0.29) is 11.6 Å². The average Bonchev–Trinajstić information content (AvgIpc) is 3.27. The lowest BCUT2D eigenvalue weighted by Crippen LogP contribution is -2.27. The fourth-order valence-corrected chi connectivity index (χ4v) is 2.69. The second-order valence-electron chi connectivity index (χ2n) is 5.65. The molecule has 1 amide bonds. The number of carboxylic acid groups (broad SMARTS) is 1. The topological polar surface area (TPSA) is 115 Å². The van der Waals surface area contributed by atoms with Crippen LogP contribution in [0.2, 0.25) is 10.0 Å². The number of hydrogen-bond acceptors (Lipinski definition) is 5. The number of aromatic nitrogens is 5. The third-order valence-electron chi connectivity index (χ3n) is 3.74. The quantitative estimate of drug-likeness (QED) is 0.647. The van der Waals surface area contributed by atoms with Gasteiger partial charge in [-0.15, -0.1) is 5.10 Å². The van der Waals surface area contributed by atoms with E-state index < -0.39 is 17.9 Å². The lowest BCUT2D eigenvalue weighted by molar-refractivity contribution is -0.119. The van der Waals surface area contributed by atoms with Crippen molar-refractivity contribution in [1.82, 2.24) is 24.5 Å². The summed E-state index contributed by atoms with van der Waals surface area (Å²) in [6.45, 7) is 1.92. The molecule has 0 fully saturated rings. The third-order valence-corrected chi connectivity index (χ3v) is 4.47. The van der Waals surface area contributed by atoms with Crippen LogP contribution in [0.25, 0.3) is 0 Å². The number of halogens is 2. The van der Waals surface area contributed by atoms with Crippen molar-refractivity contribution >= 4 is 41.0 Å². The van der Waals surface area contributed by atoms with Crippen molar-refractivity contribution in [2.45, 2.75) is 19.5 Å². The first kappa shape index (κ1) is 18.9. The summed E-state index contributed by atoms with van der Waals surface area (Å²) in [6.07, 6.45) is 2.77. The van der Waals surface area contributed by atoms with Crippen LogP contribution < -0.4 is 5.32 Å². The van der Waals surface area contributed by atoms with Crippen LogP contribution in [0, 0.1) is 0 Å². The Balaban J connectivity index is 1.67. The Morgan fingerprint density at radius 3 is 2.74 bits per heavy atom. The van der Waals surface area contributed by atoms with E-state index in [1.54, 1.807) is 18.2 Å². The van der Waals surface area contributed by atoms with Gasteiger partial charge in [0.05, 0.1) is 16.6 Å². The summed E-state index contributed by atoms with van der Waals surface area (Å²) in [4.78, 5) is 27.5. The first-order chi connectivity index (χ1) is 12.8. The van der Waals surface area contributed by atoms with Gasteiger partial charge in [0, 0.05) is 6.20 Å². The highest BCUT2D eigenvalue weighted by molar-refractivity contribution is 6.42. The van der Waals surface area contributed by atoms with Crippen LogP contribution in [0.1, 0.15) is 29.0 Å². The smallest absolute Gasteiger partial charge is 0.354 e. The van der Waals surface area contributed by atoms with Crippen LogP contribution in [-0.2, 0) is 11.3 Å². The number of nitrogens with one attached hydrogen (secondary N) is 1. The Morgan fingerprint density at radius 2 is 2.04 bits per heavy atom. The number of carboxylic acids is 1. The number of hydrogen-bond donors (Lipinski definition) is 2. The summed E-state index contributed by atoms with van der Waals surface area (Å²) >= 11 is 11.9. The van der Waals surface area contributed by atoms with Crippen LogP contribution in [-0.4, -0.2) is 41.5 Å². The van der Waals surface area contributed by atoms with Crippen LogP contribution in [0.5, 0.6) is 0 Å². The molecule has 1 aromatic carbocycles. The maximum absolute atomic E-state index is 12.3. The zero-order chi connectivity index (χ0) is 19.6. The standard InChI is InChI=1S/C16H14Cl2N6O3/c1-9(24-13(15(26)27)4-5-20-24)14(25)21-16-19-8-23(22-16)7-10-2-3-11(17)12(18)6-10/h2-6,8-9H,7H2,1H3,(H,26,27)(H,21,22,25). The molecule has 3 rings (SSSR count). The number of nitrogens with zero attached hydrogens (tertiary/aromatic N) is 5. The number of aromatic carboxylic acids is 1. The monoisotopic (exact) mass is 408 g/mol. The SMILES string of the molecule is CC(C(=O)Nc1ncn(Cc2ccc(Cl)c(Cl)c2)n1)n1nccc1C(=O)O. The number of amides is 1. The Hall–Kier alpha value is -2.91. The van der Waals surface area contributed by atoms with Crippen molar-refractivity contribution in [3.8, 4) is 0 Å². The number of rotatable bonds is 6. The molecule has 1 unspecified atom stereocenters.